The molecule has 1 aromatic carbocycles. The van der Waals surface area contributed by atoms with Gasteiger partial charge in [0.2, 0.25) is 0 Å². The first-order valence-electron chi connectivity index (χ1n) is 7.95. The Balaban J connectivity index is 2.03. The Kier molecular flexibility index (Phi) is 5.53. The molecule has 0 radical (unpaired) electrons. The van der Waals surface area contributed by atoms with E-state index in [0.717, 1.165) is 0 Å². The average Bonchev–Trinajstić information content (AvgIpc) is 2.65. The van der Waals surface area contributed by atoms with Crippen LogP contribution in [0.5, 0.6) is 11.6 Å². The van der Waals surface area contributed by atoms with Crippen LogP contribution in [0.3, 0.4) is 0 Å². The number of pyridine rings is 1. The van der Waals surface area contributed by atoms with Crippen molar-refractivity contribution < 1.29 is 23.5 Å². The van der Waals surface area contributed by atoms with Crippen molar-refractivity contribution in [2.24, 2.45) is 0 Å². The highest BCUT2D eigenvalue weighted by molar-refractivity contribution is 6.67. The topological polar surface area (TPSA) is 68.7 Å². The molecule has 3 rings (SSSR count). The molecule has 0 unspecified atom stereocenters. The third-order valence-corrected chi connectivity index (χ3v) is 4.76. The van der Waals surface area contributed by atoms with Gasteiger partial charge in [0.1, 0.15) is 11.5 Å². The minimum atomic E-state index is -0.779. The SMILES string of the molecule is COc1nc(C(=O)Cl)c2c(c1OC)C(=O)N(Cc1ccc(F)c(Cl)c1)CC2. The molecule has 1 aliphatic rings. The van der Waals surface area contributed by atoms with Gasteiger partial charge in [0.05, 0.1) is 24.8 Å². The number of hydrogen-bond acceptors (Lipinski definition) is 5. The van der Waals surface area contributed by atoms with Gasteiger partial charge in [-0.05, 0) is 35.7 Å². The minimum absolute atomic E-state index is 0.000256. The summed E-state index contributed by atoms with van der Waals surface area (Å²) in [6.45, 7) is 0.547. The van der Waals surface area contributed by atoms with Crippen LogP contribution in [0.1, 0.15) is 32.0 Å². The lowest BCUT2D eigenvalue weighted by Crippen LogP contribution is -2.38. The summed E-state index contributed by atoms with van der Waals surface area (Å²) in [6.07, 6.45) is 0.358. The monoisotopic (exact) mass is 412 g/mol. The number of carbonyl (C=O) groups is 2. The van der Waals surface area contributed by atoms with Crippen LogP contribution in [0.2, 0.25) is 5.02 Å². The van der Waals surface area contributed by atoms with Gasteiger partial charge >= 0.3 is 0 Å². The smallest absolute Gasteiger partial charge is 0.271 e. The Morgan fingerprint density at radius 3 is 2.67 bits per heavy atom. The lowest BCUT2D eigenvalue weighted by atomic mass is 9.96. The van der Waals surface area contributed by atoms with Gasteiger partial charge in [-0.3, -0.25) is 9.59 Å². The zero-order chi connectivity index (χ0) is 19.7. The van der Waals surface area contributed by atoms with Crippen LogP contribution in [0.25, 0.3) is 0 Å². The predicted molar refractivity (Wildman–Crippen MR) is 97.4 cm³/mol. The highest BCUT2D eigenvalue weighted by Gasteiger charge is 2.34. The van der Waals surface area contributed by atoms with Gasteiger partial charge in [0.25, 0.3) is 17.0 Å². The van der Waals surface area contributed by atoms with Gasteiger partial charge in [-0.2, -0.15) is 0 Å². The largest absolute Gasteiger partial charge is 0.491 e. The van der Waals surface area contributed by atoms with Crippen LogP contribution in [-0.4, -0.2) is 41.8 Å². The Hall–Kier alpha value is -2.38. The first-order valence-corrected chi connectivity index (χ1v) is 8.70. The Bertz CT molecular complexity index is 936. The van der Waals surface area contributed by atoms with Crippen molar-refractivity contribution in [1.29, 1.82) is 0 Å². The van der Waals surface area contributed by atoms with E-state index < -0.39 is 11.1 Å². The number of methoxy groups -OCH3 is 2. The molecule has 9 heteroatoms. The number of rotatable bonds is 5. The molecule has 142 valence electrons. The fourth-order valence-corrected chi connectivity index (χ4v) is 3.42. The Morgan fingerprint density at radius 1 is 1.33 bits per heavy atom. The van der Waals surface area contributed by atoms with Crippen molar-refractivity contribution in [2.75, 3.05) is 20.8 Å². The van der Waals surface area contributed by atoms with E-state index in [9.17, 15) is 14.0 Å². The summed E-state index contributed by atoms with van der Waals surface area (Å²) in [6, 6.07) is 4.28. The number of amides is 1. The maximum Gasteiger partial charge on any atom is 0.271 e. The van der Waals surface area contributed by atoms with E-state index in [-0.39, 0.29) is 40.4 Å². The molecule has 0 bridgehead atoms. The zero-order valence-corrected chi connectivity index (χ0v) is 16.0. The number of benzene rings is 1. The summed E-state index contributed by atoms with van der Waals surface area (Å²) in [7, 11) is 2.74. The van der Waals surface area contributed by atoms with Crippen LogP contribution >= 0.6 is 23.2 Å². The molecule has 6 nitrogen and oxygen atoms in total. The van der Waals surface area contributed by atoms with E-state index in [2.05, 4.69) is 4.98 Å². The van der Waals surface area contributed by atoms with Crippen LogP contribution in [0.15, 0.2) is 18.2 Å². The molecule has 0 aliphatic carbocycles. The van der Waals surface area contributed by atoms with Gasteiger partial charge in [-0.15, -0.1) is 0 Å². The van der Waals surface area contributed by atoms with Gasteiger partial charge in [0.15, 0.2) is 5.75 Å². The van der Waals surface area contributed by atoms with Crippen molar-refractivity contribution >= 4 is 34.4 Å². The molecule has 0 saturated carbocycles. The second kappa shape index (κ2) is 7.70. The molecule has 2 aromatic rings. The fraction of sp³-hybridized carbons (Fsp3) is 0.278. The van der Waals surface area contributed by atoms with E-state index in [1.54, 1.807) is 11.0 Å². The predicted octanol–water partition coefficient (Wildman–Crippen LogP) is 3.47. The third kappa shape index (κ3) is 3.57. The molecule has 1 amide bonds. The number of aromatic nitrogens is 1. The van der Waals surface area contributed by atoms with Crippen molar-refractivity contribution in [3.63, 3.8) is 0 Å². The summed E-state index contributed by atoms with van der Waals surface area (Å²) in [4.78, 5) is 30.5. The van der Waals surface area contributed by atoms with Crippen molar-refractivity contribution in [1.82, 2.24) is 9.88 Å². The third-order valence-electron chi connectivity index (χ3n) is 4.30. The maximum atomic E-state index is 13.4. The molecule has 0 fully saturated rings. The van der Waals surface area contributed by atoms with Gasteiger partial charge in [0, 0.05) is 18.7 Å². The number of hydrogen-bond donors (Lipinski definition) is 0. The maximum absolute atomic E-state index is 13.4. The summed E-state index contributed by atoms with van der Waals surface area (Å²) >= 11 is 11.5. The van der Waals surface area contributed by atoms with E-state index in [4.69, 9.17) is 32.7 Å². The first kappa shape index (κ1) is 19.4. The van der Waals surface area contributed by atoms with Crippen LogP contribution < -0.4 is 9.47 Å². The van der Waals surface area contributed by atoms with Crippen LogP contribution in [0.4, 0.5) is 4.39 Å². The highest BCUT2D eigenvalue weighted by atomic mass is 35.5. The van der Waals surface area contributed by atoms with E-state index >= 15 is 0 Å². The second-order valence-corrected chi connectivity index (χ2v) is 6.61. The van der Waals surface area contributed by atoms with E-state index in [1.165, 1.54) is 26.4 Å². The Morgan fingerprint density at radius 2 is 2.07 bits per heavy atom. The van der Waals surface area contributed by atoms with Crippen LogP contribution in [0, 0.1) is 5.82 Å². The summed E-state index contributed by atoms with van der Waals surface area (Å²) in [5, 5.41) is -0.797. The minimum Gasteiger partial charge on any atom is -0.491 e. The van der Waals surface area contributed by atoms with Crippen molar-refractivity contribution in [3.05, 3.63) is 51.4 Å². The molecule has 0 N–H and O–H groups in total. The zero-order valence-electron chi connectivity index (χ0n) is 14.5. The molecule has 0 atom stereocenters. The highest BCUT2D eigenvalue weighted by Crippen LogP contribution is 2.37. The summed E-state index contributed by atoms with van der Waals surface area (Å²) < 4.78 is 23.8. The van der Waals surface area contributed by atoms with Gasteiger partial charge in [-0.25, -0.2) is 9.37 Å². The molecule has 1 aliphatic heterocycles. The molecule has 27 heavy (non-hydrogen) atoms. The van der Waals surface area contributed by atoms with Gasteiger partial charge in [-0.1, -0.05) is 17.7 Å². The fourth-order valence-electron chi connectivity index (χ4n) is 3.06. The van der Waals surface area contributed by atoms with E-state index in [0.29, 0.717) is 24.1 Å². The first-order chi connectivity index (χ1) is 12.9. The van der Waals surface area contributed by atoms with Crippen molar-refractivity contribution in [3.8, 4) is 11.6 Å². The lowest BCUT2D eigenvalue weighted by Gasteiger charge is -2.30. The summed E-state index contributed by atoms with van der Waals surface area (Å²) in [5.41, 5.74) is 1.26. The number of fused-ring (bicyclic) bond motifs is 1. The standard InChI is InChI=1S/C18H15Cl2FN2O4/c1-26-15-13-10(14(16(20)24)22-17(15)27-2)5-6-23(18(13)25)8-9-3-4-12(21)11(19)7-9/h3-4,7H,5-6,8H2,1-2H3. The number of halogens is 3. The second-order valence-electron chi connectivity index (χ2n) is 5.86. The summed E-state index contributed by atoms with van der Waals surface area (Å²) in [5.74, 6) is -0.756. The van der Waals surface area contributed by atoms with Gasteiger partial charge < -0.3 is 14.4 Å². The number of ether oxygens (including phenoxy) is 2. The number of nitrogens with zero attached hydrogens (tertiary/aromatic N) is 2. The average molecular weight is 413 g/mol. The van der Waals surface area contributed by atoms with Crippen molar-refractivity contribution in [2.45, 2.75) is 13.0 Å². The molecule has 0 saturated heterocycles. The molecule has 0 spiro atoms. The Labute approximate surface area is 164 Å². The lowest BCUT2D eigenvalue weighted by molar-refractivity contribution is 0.0721. The number of carbonyl (C=O) groups excluding carboxylic acids is 2. The normalized spacial score (nSPS) is 13.4. The van der Waals surface area contributed by atoms with Crippen LogP contribution in [-0.2, 0) is 13.0 Å². The molecule has 1 aromatic heterocycles. The van der Waals surface area contributed by atoms with E-state index in [1.807, 2.05) is 0 Å². The quantitative estimate of drug-likeness (QED) is 0.703. The molecular weight excluding hydrogens is 398 g/mol. The molecular formula is C18H15Cl2FN2O4. The molecule has 2 heterocycles.